The van der Waals surface area contributed by atoms with Crippen LogP contribution in [0, 0.1) is 5.92 Å². The number of hydrogen-bond acceptors (Lipinski definition) is 4. The Hall–Kier alpha value is -0.610. The average molecular weight is 173 g/mol. The van der Waals surface area contributed by atoms with Crippen LogP contribution < -0.4 is 5.32 Å². The van der Waals surface area contributed by atoms with Crippen LogP contribution in [0.15, 0.2) is 0 Å². The van der Waals surface area contributed by atoms with E-state index in [4.69, 9.17) is 9.47 Å². The zero-order valence-electron chi connectivity index (χ0n) is 7.66. The Morgan fingerprint density at radius 1 is 1.67 bits per heavy atom. The molecule has 1 saturated heterocycles. The van der Waals surface area contributed by atoms with E-state index >= 15 is 0 Å². The maximum atomic E-state index is 11.0. The Kier molecular flexibility index (Phi) is 3.05. The van der Waals surface area contributed by atoms with Gasteiger partial charge in [-0.1, -0.05) is 13.8 Å². The van der Waals surface area contributed by atoms with Gasteiger partial charge >= 0.3 is 5.97 Å². The number of ether oxygens (including phenoxy) is 2. The summed E-state index contributed by atoms with van der Waals surface area (Å²) < 4.78 is 9.83. The van der Waals surface area contributed by atoms with Crippen molar-refractivity contribution in [1.29, 1.82) is 0 Å². The summed E-state index contributed by atoms with van der Waals surface area (Å²) in [7, 11) is 1.49. The van der Waals surface area contributed by atoms with E-state index in [1.165, 1.54) is 7.11 Å². The smallest absolute Gasteiger partial charge is 0.350 e. The molecule has 1 rings (SSSR count). The number of hydrogen-bond donors (Lipinski definition) is 1. The molecule has 0 aromatic carbocycles. The maximum Gasteiger partial charge on any atom is 0.350 e. The lowest BCUT2D eigenvalue weighted by molar-refractivity contribution is -0.167. The SMILES string of the molecule is CO[C@@H]1N[C@@H](C(C)C)COC1=O. The summed E-state index contributed by atoms with van der Waals surface area (Å²) in [6.07, 6.45) is -0.592. The molecule has 1 aliphatic rings. The molecule has 1 heterocycles. The number of morpholine rings is 1. The standard InChI is InChI=1S/C8H15NO3/c1-5(2)6-4-12-8(10)7(9-6)11-3/h5-7,9H,4H2,1-3H3/t6-,7+/m1/s1. The van der Waals surface area contributed by atoms with E-state index in [1.807, 2.05) is 0 Å². The molecule has 2 atom stereocenters. The van der Waals surface area contributed by atoms with Gasteiger partial charge in [0, 0.05) is 13.2 Å². The van der Waals surface area contributed by atoms with Crippen LogP contribution in [0.5, 0.6) is 0 Å². The van der Waals surface area contributed by atoms with Crippen molar-refractivity contribution in [3.63, 3.8) is 0 Å². The normalized spacial score (nSPS) is 30.5. The Bertz CT molecular complexity index is 170. The quantitative estimate of drug-likeness (QED) is 0.603. The molecule has 0 spiro atoms. The van der Waals surface area contributed by atoms with Gasteiger partial charge < -0.3 is 9.47 Å². The van der Waals surface area contributed by atoms with Gasteiger partial charge in [-0.05, 0) is 5.92 Å². The van der Waals surface area contributed by atoms with Crippen molar-refractivity contribution in [2.75, 3.05) is 13.7 Å². The predicted molar refractivity (Wildman–Crippen MR) is 43.5 cm³/mol. The molecule has 0 unspecified atom stereocenters. The minimum atomic E-state index is -0.592. The lowest BCUT2D eigenvalue weighted by Crippen LogP contribution is -2.54. The van der Waals surface area contributed by atoms with Crippen LogP contribution in [0.3, 0.4) is 0 Å². The Morgan fingerprint density at radius 2 is 2.33 bits per heavy atom. The van der Waals surface area contributed by atoms with Gasteiger partial charge in [-0.25, -0.2) is 4.79 Å². The van der Waals surface area contributed by atoms with Crippen molar-refractivity contribution in [3.05, 3.63) is 0 Å². The lowest BCUT2D eigenvalue weighted by Gasteiger charge is -2.31. The van der Waals surface area contributed by atoms with E-state index in [1.54, 1.807) is 0 Å². The number of methoxy groups -OCH3 is 1. The Labute approximate surface area is 72.2 Å². The third-order valence-corrected chi connectivity index (χ3v) is 2.03. The van der Waals surface area contributed by atoms with Crippen molar-refractivity contribution in [2.24, 2.45) is 5.92 Å². The summed E-state index contributed by atoms with van der Waals surface area (Å²) in [6.45, 7) is 4.59. The minimum Gasteiger partial charge on any atom is -0.461 e. The number of carbonyl (C=O) groups excluding carboxylic acids is 1. The topological polar surface area (TPSA) is 47.6 Å². The predicted octanol–water partition coefficient (Wildman–Crippen LogP) is 0.130. The highest BCUT2D eigenvalue weighted by Gasteiger charge is 2.30. The second kappa shape index (κ2) is 3.87. The first kappa shape index (κ1) is 9.48. The van der Waals surface area contributed by atoms with E-state index in [0.29, 0.717) is 12.5 Å². The summed E-state index contributed by atoms with van der Waals surface area (Å²) in [5.74, 6) is 0.116. The summed E-state index contributed by atoms with van der Waals surface area (Å²) in [6, 6.07) is 0.202. The van der Waals surface area contributed by atoms with Crippen LogP contribution in [0.1, 0.15) is 13.8 Å². The first-order chi connectivity index (χ1) is 5.65. The third-order valence-electron chi connectivity index (χ3n) is 2.03. The molecular weight excluding hydrogens is 158 g/mol. The molecule has 70 valence electrons. The average Bonchev–Trinajstić information content (AvgIpc) is 2.05. The fraction of sp³-hybridized carbons (Fsp3) is 0.875. The van der Waals surface area contributed by atoms with Crippen LogP contribution in [-0.2, 0) is 14.3 Å². The van der Waals surface area contributed by atoms with Crippen LogP contribution in [0.2, 0.25) is 0 Å². The van der Waals surface area contributed by atoms with Crippen molar-refractivity contribution in [2.45, 2.75) is 26.1 Å². The molecule has 12 heavy (non-hydrogen) atoms. The molecule has 4 nitrogen and oxygen atoms in total. The lowest BCUT2D eigenvalue weighted by atomic mass is 10.0. The molecule has 4 heteroatoms. The minimum absolute atomic E-state index is 0.202. The number of rotatable bonds is 2. The highest BCUT2D eigenvalue weighted by molar-refractivity contribution is 5.75. The number of nitrogens with one attached hydrogen (secondary N) is 1. The second-order valence-electron chi connectivity index (χ2n) is 3.26. The summed E-state index contributed by atoms with van der Waals surface area (Å²) in [5, 5.41) is 3.06. The molecule has 1 N–H and O–H groups in total. The zero-order valence-corrected chi connectivity index (χ0v) is 7.66. The fourth-order valence-electron chi connectivity index (χ4n) is 1.11. The number of cyclic esters (lactones) is 1. The molecule has 0 saturated carbocycles. The first-order valence-corrected chi connectivity index (χ1v) is 4.10. The fourth-order valence-corrected chi connectivity index (χ4v) is 1.11. The van der Waals surface area contributed by atoms with E-state index in [9.17, 15) is 4.79 Å². The van der Waals surface area contributed by atoms with Gasteiger partial charge in [-0.15, -0.1) is 0 Å². The largest absolute Gasteiger partial charge is 0.461 e. The summed E-state index contributed by atoms with van der Waals surface area (Å²) >= 11 is 0. The van der Waals surface area contributed by atoms with Crippen LogP contribution in [-0.4, -0.2) is 32.0 Å². The molecule has 0 radical (unpaired) electrons. The van der Waals surface area contributed by atoms with Gasteiger partial charge in [-0.2, -0.15) is 0 Å². The van der Waals surface area contributed by atoms with E-state index in [0.717, 1.165) is 0 Å². The Morgan fingerprint density at radius 3 is 2.83 bits per heavy atom. The van der Waals surface area contributed by atoms with Crippen molar-refractivity contribution in [1.82, 2.24) is 5.32 Å². The van der Waals surface area contributed by atoms with Gasteiger partial charge in [-0.3, -0.25) is 5.32 Å². The molecule has 1 aliphatic heterocycles. The Balaban J connectivity index is 2.49. The molecule has 0 aromatic rings. The molecule has 0 bridgehead atoms. The second-order valence-corrected chi connectivity index (χ2v) is 3.26. The van der Waals surface area contributed by atoms with Crippen molar-refractivity contribution >= 4 is 5.97 Å². The van der Waals surface area contributed by atoms with Gasteiger partial charge in [0.25, 0.3) is 0 Å². The molecule has 0 amide bonds. The molecular formula is C8H15NO3. The van der Waals surface area contributed by atoms with Gasteiger partial charge in [0.05, 0.1) is 0 Å². The molecule has 0 aromatic heterocycles. The highest BCUT2D eigenvalue weighted by Crippen LogP contribution is 2.09. The van der Waals surface area contributed by atoms with E-state index in [-0.39, 0.29) is 12.0 Å². The summed E-state index contributed by atoms with van der Waals surface area (Å²) in [5.41, 5.74) is 0. The number of esters is 1. The monoisotopic (exact) mass is 173 g/mol. The van der Waals surface area contributed by atoms with E-state index < -0.39 is 6.23 Å². The van der Waals surface area contributed by atoms with Crippen LogP contribution in [0.4, 0.5) is 0 Å². The van der Waals surface area contributed by atoms with Gasteiger partial charge in [0.1, 0.15) is 6.61 Å². The number of carbonyl (C=O) groups is 1. The molecule has 1 fully saturated rings. The van der Waals surface area contributed by atoms with Crippen molar-refractivity contribution in [3.8, 4) is 0 Å². The third kappa shape index (κ3) is 1.95. The molecule has 0 aliphatic carbocycles. The van der Waals surface area contributed by atoms with Crippen LogP contribution >= 0.6 is 0 Å². The maximum absolute atomic E-state index is 11.0. The van der Waals surface area contributed by atoms with E-state index in [2.05, 4.69) is 19.2 Å². The zero-order chi connectivity index (χ0) is 9.14. The van der Waals surface area contributed by atoms with Crippen molar-refractivity contribution < 1.29 is 14.3 Å². The highest BCUT2D eigenvalue weighted by atomic mass is 16.6. The van der Waals surface area contributed by atoms with Crippen LogP contribution in [0.25, 0.3) is 0 Å². The van der Waals surface area contributed by atoms with Gasteiger partial charge in [0.2, 0.25) is 6.23 Å². The van der Waals surface area contributed by atoms with Gasteiger partial charge in [0.15, 0.2) is 0 Å². The first-order valence-electron chi connectivity index (χ1n) is 4.10. The summed E-state index contributed by atoms with van der Waals surface area (Å²) in [4.78, 5) is 11.0.